The van der Waals surface area contributed by atoms with Gasteiger partial charge in [-0.25, -0.2) is 4.79 Å². The van der Waals surface area contributed by atoms with Crippen molar-refractivity contribution >= 4 is 5.97 Å². The highest BCUT2D eigenvalue weighted by Gasteiger charge is 2.19. The van der Waals surface area contributed by atoms with Gasteiger partial charge in [-0.3, -0.25) is 0 Å². The van der Waals surface area contributed by atoms with Crippen LogP contribution in [0.15, 0.2) is 41.6 Å². The number of para-hydroxylation sites is 1. The number of benzene rings is 1. The fraction of sp³-hybridized carbons (Fsp3) is 0.474. The molecule has 0 amide bonds. The molecule has 5 nitrogen and oxygen atoms in total. The lowest BCUT2D eigenvalue weighted by molar-refractivity contribution is -0.152. The van der Waals surface area contributed by atoms with Crippen LogP contribution < -0.4 is 0 Å². The monoisotopic (exact) mass is 334 g/mol. The van der Waals surface area contributed by atoms with E-state index in [0.29, 0.717) is 5.56 Å². The molecule has 0 aliphatic carbocycles. The molecule has 1 aromatic carbocycles. The number of phenolic OH excluding ortho intramolecular Hbond substituents is 1. The van der Waals surface area contributed by atoms with E-state index in [0.717, 1.165) is 5.57 Å². The molecular formula is C19H26O5. The first-order valence-electron chi connectivity index (χ1n) is 8.11. The second-order valence-corrected chi connectivity index (χ2v) is 5.81. The number of carbonyl (C=O) groups excluding carboxylic acids is 1. The molecule has 1 aromatic rings. The van der Waals surface area contributed by atoms with Crippen LogP contribution >= 0.6 is 0 Å². The zero-order valence-corrected chi connectivity index (χ0v) is 14.4. The zero-order chi connectivity index (χ0) is 18.1. The molecule has 0 aliphatic rings. The van der Waals surface area contributed by atoms with E-state index in [-0.39, 0.29) is 31.1 Å². The predicted molar refractivity (Wildman–Crippen MR) is 91.4 cm³/mol. The number of rotatable bonds is 8. The van der Waals surface area contributed by atoms with Crippen molar-refractivity contribution in [2.75, 3.05) is 6.61 Å². The molecule has 0 saturated heterocycles. The summed E-state index contributed by atoms with van der Waals surface area (Å²) in [5.74, 6) is -0.511. The van der Waals surface area contributed by atoms with Gasteiger partial charge in [-0.15, -0.1) is 5.73 Å². The van der Waals surface area contributed by atoms with Crippen LogP contribution in [0.3, 0.4) is 0 Å². The molecule has 1 rings (SSSR count). The van der Waals surface area contributed by atoms with E-state index in [9.17, 15) is 20.1 Å². The van der Waals surface area contributed by atoms with Crippen LogP contribution in [0.25, 0.3) is 0 Å². The lowest BCUT2D eigenvalue weighted by Crippen LogP contribution is -2.24. The molecule has 5 heteroatoms. The van der Waals surface area contributed by atoms with Crippen molar-refractivity contribution in [3.05, 3.63) is 47.2 Å². The number of hydrogen-bond acceptors (Lipinski definition) is 5. The molecule has 3 N–H and O–H groups in total. The first-order valence-corrected chi connectivity index (χ1v) is 8.11. The molecule has 132 valence electrons. The number of esters is 1. The average molecular weight is 334 g/mol. The van der Waals surface area contributed by atoms with Crippen molar-refractivity contribution in [2.24, 2.45) is 5.92 Å². The number of aliphatic hydroxyl groups excluding tert-OH is 2. The average Bonchev–Trinajstić information content (AvgIpc) is 2.54. The van der Waals surface area contributed by atoms with Gasteiger partial charge in [0.1, 0.15) is 5.75 Å². The van der Waals surface area contributed by atoms with E-state index in [4.69, 9.17) is 4.74 Å². The number of aromatic hydroxyl groups is 1. The van der Waals surface area contributed by atoms with Crippen LogP contribution in [-0.4, -0.2) is 34.0 Å². The van der Waals surface area contributed by atoms with Crippen LogP contribution in [0, 0.1) is 5.92 Å². The Morgan fingerprint density at radius 2 is 1.96 bits per heavy atom. The SMILES string of the molecule is CCOC(=O)[C@H](O)CC(=C=CC[C@@H](O)c1ccccc1O)C(C)C. The maximum atomic E-state index is 11.5. The Morgan fingerprint density at radius 1 is 1.29 bits per heavy atom. The summed E-state index contributed by atoms with van der Waals surface area (Å²) >= 11 is 0. The molecule has 0 aliphatic heterocycles. The van der Waals surface area contributed by atoms with Crippen molar-refractivity contribution in [3.8, 4) is 5.75 Å². The first-order chi connectivity index (χ1) is 11.4. The molecule has 24 heavy (non-hydrogen) atoms. The topological polar surface area (TPSA) is 87.0 Å². The van der Waals surface area contributed by atoms with E-state index < -0.39 is 18.2 Å². The van der Waals surface area contributed by atoms with Gasteiger partial charge < -0.3 is 20.1 Å². The minimum atomic E-state index is -1.22. The molecular weight excluding hydrogens is 308 g/mol. The minimum Gasteiger partial charge on any atom is -0.508 e. The Kier molecular flexibility index (Phi) is 8.27. The third-order valence-corrected chi connectivity index (χ3v) is 3.59. The van der Waals surface area contributed by atoms with E-state index in [1.54, 1.807) is 31.2 Å². The summed E-state index contributed by atoms with van der Waals surface area (Å²) in [6, 6.07) is 6.61. The molecule has 0 fully saturated rings. The summed E-state index contributed by atoms with van der Waals surface area (Å²) < 4.78 is 4.79. The van der Waals surface area contributed by atoms with Crippen LogP contribution in [0.1, 0.15) is 45.3 Å². The van der Waals surface area contributed by atoms with Crippen LogP contribution in [0.2, 0.25) is 0 Å². The van der Waals surface area contributed by atoms with Gasteiger partial charge in [0.15, 0.2) is 6.10 Å². The summed E-state index contributed by atoms with van der Waals surface area (Å²) in [6.45, 7) is 5.78. The highest BCUT2D eigenvalue weighted by Crippen LogP contribution is 2.26. The number of aliphatic hydroxyl groups is 2. The molecule has 0 heterocycles. The number of phenols is 1. The number of ether oxygens (including phenoxy) is 1. The Bertz CT molecular complexity index is 600. The summed E-state index contributed by atoms with van der Waals surface area (Å²) in [4.78, 5) is 11.5. The third kappa shape index (κ3) is 6.20. The van der Waals surface area contributed by atoms with Gasteiger partial charge in [-0.1, -0.05) is 32.0 Å². The normalized spacial score (nSPS) is 13.1. The number of carbonyl (C=O) groups is 1. The van der Waals surface area contributed by atoms with E-state index >= 15 is 0 Å². The summed E-state index contributed by atoms with van der Waals surface area (Å²) in [5.41, 5.74) is 4.27. The zero-order valence-electron chi connectivity index (χ0n) is 14.4. The van der Waals surface area contributed by atoms with Crippen molar-refractivity contribution in [2.45, 2.75) is 45.8 Å². The third-order valence-electron chi connectivity index (χ3n) is 3.59. The van der Waals surface area contributed by atoms with Gasteiger partial charge in [0.05, 0.1) is 12.7 Å². The Morgan fingerprint density at radius 3 is 2.54 bits per heavy atom. The minimum absolute atomic E-state index is 0.0456. The van der Waals surface area contributed by atoms with Crippen LogP contribution in [0.5, 0.6) is 5.75 Å². The van der Waals surface area contributed by atoms with E-state index in [1.807, 2.05) is 13.8 Å². The first kappa shape index (κ1) is 20.0. The van der Waals surface area contributed by atoms with Gasteiger partial charge in [0.2, 0.25) is 0 Å². The Hall–Kier alpha value is -2.07. The summed E-state index contributed by atoms with van der Waals surface area (Å²) in [6.07, 6.45) is 0.00115. The molecule has 0 bridgehead atoms. The van der Waals surface area contributed by atoms with Crippen molar-refractivity contribution < 1.29 is 24.9 Å². The maximum absolute atomic E-state index is 11.5. The van der Waals surface area contributed by atoms with Gasteiger partial charge in [0, 0.05) is 18.4 Å². The molecule has 0 radical (unpaired) electrons. The Balaban J connectivity index is 2.79. The second-order valence-electron chi connectivity index (χ2n) is 5.81. The maximum Gasteiger partial charge on any atom is 0.335 e. The predicted octanol–water partition coefficient (Wildman–Crippen LogP) is 2.87. The summed E-state index contributed by atoms with van der Waals surface area (Å²) in [7, 11) is 0. The fourth-order valence-electron chi connectivity index (χ4n) is 2.19. The highest BCUT2D eigenvalue weighted by molar-refractivity contribution is 5.74. The Labute approximate surface area is 142 Å². The molecule has 2 atom stereocenters. The molecule has 0 unspecified atom stereocenters. The van der Waals surface area contributed by atoms with Gasteiger partial charge in [0.25, 0.3) is 0 Å². The smallest absolute Gasteiger partial charge is 0.335 e. The molecule has 0 saturated carbocycles. The molecule has 0 aromatic heterocycles. The van der Waals surface area contributed by atoms with Crippen molar-refractivity contribution in [1.29, 1.82) is 0 Å². The highest BCUT2D eigenvalue weighted by atomic mass is 16.5. The van der Waals surface area contributed by atoms with Crippen molar-refractivity contribution in [3.63, 3.8) is 0 Å². The lowest BCUT2D eigenvalue weighted by Gasteiger charge is -2.13. The van der Waals surface area contributed by atoms with Gasteiger partial charge >= 0.3 is 5.97 Å². The fourth-order valence-corrected chi connectivity index (χ4v) is 2.19. The standard InChI is InChI=1S/C19H26O5/c1-4-24-19(23)18(22)12-14(13(2)3)8-7-11-17(21)15-9-5-6-10-16(15)20/h5-7,9-10,13,17-18,20-22H,4,11-12H2,1-3H3/t8?,17-,18-/m1/s1. The molecule has 0 spiro atoms. The van der Waals surface area contributed by atoms with Gasteiger partial charge in [-0.2, -0.15) is 0 Å². The quantitative estimate of drug-likeness (QED) is 0.503. The second kappa shape index (κ2) is 9.93. The van der Waals surface area contributed by atoms with Crippen LogP contribution in [0.4, 0.5) is 0 Å². The van der Waals surface area contributed by atoms with E-state index in [1.165, 1.54) is 6.07 Å². The van der Waals surface area contributed by atoms with Crippen LogP contribution in [-0.2, 0) is 9.53 Å². The van der Waals surface area contributed by atoms with Crippen molar-refractivity contribution in [1.82, 2.24) is 0 Å². The van der Waals surface area contributed by atoms with E-state index in [2.05, 4.69) is 5.73 Å². The number of hydrogen-bond donors (Lipinski definition) is 3. The van der Waals surface area contributed by atoms with Gasteiger partial charge in [-0.05, 0) is 30.6 Å². The summed E-state index contributed by atoms with van der Waals surface area (Å²) in [5, 5.41) is 29.7. The lowest BCUT2D eigenvalue weighted by atomic mass is 9.97. The largest absolute Gasteiger partial charge is 0.508 e.